The molecule has 0 radical (unpaired) electrons. The lowest BCUT2D eigenvalue weighted by Gasteiger charge is -2.31. The minimum Gasteiger partial charge on any atom is -0.492 e. The summed E-state index contributed by atoms with van der Waals surface area (Å²) < 4.78 is 16.9. The van der Waals surface area contributed by atoms with Crippen LogP contribution in [-0.4, -0.2) is 76.1 Å². The molecule has 0 aromatic heterocycles. The van der Waals surface area contributed by atoms with Crippen LogP contribution in [0.15, 0.2) is 29.3 Å². The standard InChI is InChI=1S/C23H40N4O3/c1-6-24-22(26-18-23(2,3)28-5)25-17-19-8-7-9-21(16-19)30-15-12-27(4)20-10-13-29-14-11-20/h7-9,16,20H,6,10-15,17-18H2,1-5H3,(H2,24,25,26). The Bertz CT molecular complexity index is 645. The molecule has 0 unspecified atom stereocenters. The van der Waals surface area contributed by atoms with Gasteiger partial charge in [0.05, 0.1) is 12.1 Å². The smallest absolute Gasteiger partial charge is 0.191 e. The normalized spacial score (nSPS) is 16.0. The van der Waals surface area contributed by atoms with E-state index in [0.29, 0.717) is 25.7 Å². The molecule has 7 heteroatoms. The van der Waals surface area contributed by atoms with E-state index >= 15 is 0 Å². The van der Waals surface area contributed by atoms with Gasteiger partial charge in [0, 0.05) is 46.0 Å². The summed E-state index contributed by atoms with van der Waals surface area (Å²) in [4.78, 5) is 7.08. The number of methoxy groups -OCH3 is 1. The topological polar surface area (TPSA) is 67.4 Å². The number of likely N-dealkylation sites (N-methyl/N-ethyl adjacent to an activating group) is 1. The van der Waals surface area contributed by atoms with Crippen molar-refractivity contribution in [2.24, 2.45) is 4.99 Å². The van der Waals surface area contributed by atoms with Gasteiger partial charge < -0.3 is 24.8 Å². The zero-order valence-corrected chi connectivity index (χ0v) is 19.4. The fraction of sp³-hybridized carbons (Fsp3) is 0.696. The Morgan fingerprint density at radius 3 is 2.73 bits per heavy atom. The Labute approximate surface area is 182 Å². The van der Waals surface area contributed by atoms with Crippen LogP contribution in [0.4, 0.5) is 0 Å². The fourth-order valence-electron chi connectivity index (χ4n) is 3.23. The van der Waals surface area contributed by atoms with Gasteiger partial charge in [-0.2, -0.15) is 0 Å². The molecule has 1 aliphatic rings. The summed E-state index contributed by atoms with van der Waals surface area (Å²) in [6, 6.07) is 8.78. The highest BCUT2D eigenvalue weighted by Gasteiger charge is 2.18. The molecular weight excluding hydrogens is 380 g/mol. The van der Waals surface area contributed by atoms with Crippen LogP contribution < -0.4 is 15.4 Å². The third kappa shape index (κ3) is 8.90. The van der Waals surface area contributed by atoms with Gasteiger partial charge in [0.15, 0.2) is 5.96 Å². The van der Waals surface area contributed by atoms with Gasteiger partial charge in [-0.05, 0) is 58.4 Å². The first-order valence-corrected chi connectivity index (χ1v) is 11.0. The molecule has 1 aromatic carbocycles. The lowest BCUT2D eigenvalue weighted by Crippen LogP contribution is -2.45. The minimum atomic E-state index is -0.248. The predicted octanol–water partition coefficient (Wildman–Crippen LogP) is 2.66. The maximum Gasteiger partial charge on any atom is 0.191 e. The van der Waals surface area contributed by atoms with Gasteiger partial charge >= 0.3 is 0 Å². The molecule has 1 saturated heterocycles. The number of nitrogens with one attached hydrogen (secondary N) is 2. The van der Waals surface area contributed by atoms with Gasteiger partial charge in [0.2, 0.25) is 0 Å². The maximum atomic E-state index is 6.00. The number of benzene rings is 1. The Morgan fingerprint density at radius 1 is 1.27 bits per heavy atom. The van der Waals surface area contributed by atoms with Gasteiger partial charge in [-0.1, -0.05) is 12.1 Å². The molecule has 1 fully saturated rings. The van der Waals surface area contributed by atoms with E-state index in [9.17, 15) is 0 Å². The van der Waals surface area contributed by atoms with Gasteiger partial charge in [-0.3, -0.25) is 4.90 Å². The molecule has 2 rings (SSSR count). The van der Waals surface area contributed by atoms with Crippen LogP contribution >= 0.6 is 0 Å². The first-order chi connectivity index (χ1) is 14.4. The van der Waals surface area contributed by atoms with Crippen molar-refractivity contribution in [2.45, 2.75) is 51.8 Å². The van der Waals surface area contributed by atoms with E-state index in [2.05, 4.69) is 41.6 Å². The highest BCUT2D eigenvalue weighted by atomic mass is 16.5. The molecule has 0 aliphatic carbocycles. The average molecular weight is 421 g/mol. The molecule has 0 saturated carbocycles. The number of ether oxygens (including phenoxy) is 3. The second kappa shape index (κ2) is 12.8. The molecule has 7 nitrogen and oxygen atoms in total. The fourth-order valence-corrected chi connectivity index (χ4v) is 3.23. The maximum absolute atomic E-state index is 6.00. The zero-order valence-electron chi connectivity index (χ0n) is 19.4. The van der Waals surface area contributed by atoms with E-state index < -0.39 is 0 Å². The third-order valence-corrected chi connectivity index (χ3v) is 5.42. The molecule has 0 bridgehead atoms. The lowest BCUT2D eigenvalue weighted by molar-refractivity contribution is 0.0268. The van der Waals surface area contributed by atoms with Crippen LogP contribution in [0.25, 0.3) is 0 Å². The monoisotopic (exact) mass is 420 g/mol. The molecule has 170 valence electrons. The predicted molar refractivity (Wildman–Crippen MR) is 122 cm³/mol. The average Bonchev–Trinajstić information content (AvgIpc) is 2.76. The van der Waals surface area contributed by atoms with Gasteiger partial charge in [-0.25, -0.2) is 4.99 Å². The Hall–Kier alpha value is -1.83. The highest BCUT2D eigenvalue weighted by Crippen LogP contribution is 2.16. The quantitative estimate of drug-likeness (QED) is 0.424. The number of rotatable bonds is 11. The van der Waals surface area contributed by atoms with Crippen LogP contribution in [-0.2, 0) is 16.0 Å². The summed E-state index contributed by atoms with van der Waals surface area (Å²) in [5, 5.41) is 6.62. The van der Waals surface area contributed by atoms with Crippen LogP contribution in [0.5, 0.6) is 5.75 Å². The molecule has 30 heavy (non-hydrogen) atoms. The van der Waals surface area contributed by atoms with E-state index in [0.717, 1.165) is 56.4 Å². The Kier molecular flexibility index (Phi) is 10.4. The number of nitrogens with zero attached hydrogens (tertiary/aromatic N) is 2. The van der Waals surface area contributed by atoms with Crippen LogP contribution in [0.1, 0.15) is 39.2 Å². The van der Waals surface area contributed by atoms with Crippen molar-refractivity contribution < 1.29 is 14.2 Å². The molecule has 0 amide bonds. The molecular formula is C23H40N4O3. The lowest BCUT2D eigenvalue weighted by atomic mass is 10.1. The largest absolute Gasteiger partial charge is 0.492 e. The van der Waals surface area contributed by atoms with E-state index in [4.69, 9.17) is 19.2 Å². The first-order valence-electron chi connectivity index (χ1n) is 11.0. The van der Waals surface area contributed by atoms with Crippen molar-refractivity contribution >= 4 is 5.96 Å². The van der Waals surface area contributed by atoms with E-state index in [1.807, 2.05) is 26.0 Å². The van der Waals surface area contributed by atoms with Crippen molar-refractivity contribution in [3.8, 4) is 5.75 Å². The van der Waals surface area contributed by atoms with Crippen LogP contribution in [0.2, 0.25) is 0 Å². The van der Waals surface area contributed by atoms with Crippen molar-refractivity contribution in [3.05, 3.63) is 29.8 Å². The van der Waals surface area contributed by atoms with Crippen LogP contribution in [0, 0.1) is 0 Å². The first kappa shape index (κ1) is 24.4. The number of hydrogen-bond donors (Lipinski definition) is 2. The minimum absolute atomic E-state index is 0.248. The summed E-state index contributed by atoms with van der Waals surface area (Å²) in [7, 11) is 3.89. The van der Waals surface area contributed by atoms with E-state index in [-0.39, 0.29) is 5.60 Å². The molecule has 1 aliphatic heterocycles. The van der Waals surface area contributed by atoms with E-state index in [1.165, 1.54) is 0 Å². The van der Waals surface area contributed by atoms with Crippen molar-refractivity contribution in [1.29, 1.82) is 0 Å². The number of guanidine groups is 1. The van der Waals surface area contributed by atoms with Gasteiger partial charge in [0.25, 0.3) is 0 Å². The summed E-state index contributed by atoms with van der Waals surface area (Å²) in [6.07, 6.45) is 2.21. The van der Waals surface area contributed by atoms with Crippen LogP contribution in [0.3, 0.4) is 0 Å². The number of aliphatic imine (C=N–C) groups is 1. The summed E-state index contributed by atoms with van der Waals surface area (Å²) in [5.41, 5.74) is 0.871. The third-order valence-electron chi connectivity index (χ3n) is 5.42. The van der Waals surface area contributed by atoms with Crippen molar-refractivity contribution in [3.63, 3.8) is 0 Å². The summed E-state index contributed by atoms with van der Waals surface area (Å²) >= 11 is 0. The molecule has 0 atom stereocenters. The Morgan fingerprint density at radius 2 is 2.03 bits per heavy atom. The van der Waals surface area contributed by atoms with E-state index in [1.54, 1.807) is 7.11 Å². The zero-order chi connectivity index (χ0) is 21.8. The number of hydrogen-bond acceptors (Lipinski definition) is 5. The SMILES string of the molecule is CCNC(=NCc1cccc(OCCN(C)C2CCOCC2)c1)NCC(C)(C)OC. The Balaban J connectivity index is 1.83. The second-order valence-electron chi connectivity index (χ2n) is 8.33. The molecule has 1 aromatic rings. The molecule has 2 N–H and O–H groups in total. The van der Waals surface area contributed by atoms with Crippen molar-refractivity contribution in [1.82, 2.24) is 15.5 Å². The summed E-state index contributed by atoms with van der Waals surface area (Å²) in [5.74, 6) is 1.67. The van der Waals surface area contributed by atoms with Crippen molar-refractivity contribution in [2.75, 3.05) is 53.6 Å². The molecule has 0 spiro atoms. The van der Waals surface area contributed by atoms with Gasteiger partial charge in [0.1, 0.15) is 12.4 Å². The highest BCUT2D eigenvalue weighted by molar-refractivity contribution is 5.79. The molecule has 1 heterocycles. The van der Waals surface area contributed by atoms with Gasteiger partial charge in [-0.15, -0.1) is 0 Å². The summed E-state index contributed by atoms with van der Waals surface area (Å²) in [6.45, 7) is 11.5. The second-order valence-corrected chi connectivity index (χ2v) is 8.33.